The third kappa shape index (κ3) is 6.50. The molecule has 0 fully saturated rings. The Morgan fingerprint density at radius 1 is 1.75 bits per heavy atom. The van der Waals surface area contributed by atoms with Gasteiger partial charge in [-0.25, -0.2) is 0 Å². The van der Waals surface area contributed by atoms with Crippen LogP contribution in [0.4, 0.5) is 0 Å². The van der Waals surface area contributed by atoms with E-state index in [0.29, 0.717) is 6.61 Å². The van der Waals surface area contributed by atoms with Crippen LogP contribution < -0.4 is 0 Å². The Morgan fingerprint density at radius 3 is 2.75 bits per heavy atom. The first-order valence-corrected chi connectivity index (χ1v) is 3.34. The molecule has 0 saturated heterocycles. The van der Waals surface area contributed by atoms with Crippen LogP contribution in [0.5, 0.6) is 0 Å². The van der Waals surface area contributed by atoms with Crippen LogP contribution in [-0.2, 0) is 24.7 Å². The molecular formula is C5H10O2Ti+2. The summed E-state index contributed by atoms with van der Waals surface area (Å²) in [6.07, 6.45) is 0.727. The Labute approximate surface area is 60.8 Å². The van der Waals surface area contributed by atoms with Gasteiger partial charge in [0.25, 0.3) is 0 Å². The molecule has 0 aliphatic heterocycles. The molecule has 0 rings (SSSR count). The van der Waals surface area contributed by atoms with Crippen molar-refractivity contribution in [3.63, 3.8) is 0 Å². The quantitative estimate of drug-likeness (QED) is 0.454. The van der Waals surface area contributed by atoms with E-state index in [4.69, 9.17) is 9.84 Å². The van der Waals surface area contributed by atoms with Crippen LogP contribution in [-0.4, -0.2) is 22.3 Å². The van der Waals surface area contributed by atoms with Crippen molar-refractivity contribution in [1.82, 2.24) is 0 Å². The van der Waals surface area contributed by atoms with Crippen LogP contribution in [0.15, 0.2) is 0 Å². The molecule has 1 N–H and O–H groups in total. The Hall–Kier alpha value is 0.504. The fourth-order valence-electron chi connectivity index (χ4n) is 0.290. The molecule has 0 aromatic carbocycles. The van der Waals surface area contributed by atoms with Crippen LogP contribution in [0, 0.1) is 0 Å². The van der Waals surface area contributed by atoms with Crippen molar-refractivity contribution < 1.29 is 29.8 Å². The predicted molar refractivity (Wildman–Crippen MR) is 28.3 cm³/mol. The van der Waals surface area contributed by atoms with E-state index in [0.717, 1.165) is 10.4 Å². The molecule has 3 heteroatoms. The van der Waals surface area contributed by atoms with Gasteiger partial charge in [0.2, 0.25) is 0 Å². The van der Waals surface area contributed by atoms with E-state index in [9.17, 15) is 0 Å². The SMILES string of the molecule is C[C](=[Ti+2])OCCCO. The molecule has 8 heavy (non-hydrogen) atoms. The molecule has 0 bridgehead atoms. The standard InChI is InChI=1S/C5H10O2.Ti/c1-2-7-5-3-4-6;/h6H,3-5H2,1H3;/q;+2. The number of aliphatic hydroxyl groups excluding tert-OH is 1. The van der Waals surface area contributed by atoms with Gasteiger partial charge in [0.1, 0.15) is 0 Å². The van der Waals surface area contributed by atoms with E-state index in [-0.39, 0.29) is 6.61 Å². The maximum atomic E-state index is 8.29. The zero-order valence-electron chi connectivity index (χ0n) is 4.98. The van der Waals surface area contributed by atoms with Gasteiger partial charge in [0.15, 0.2) is 0 Å². The van der Waals surface area contributed by atoms with E-state index in [1.165, 1.54) is 0 Å². The van der Waals surface area contributed by atoms with Gasteiger partial charge in [0.05, 0.1) is 0 Å². The molecule has 0 aliphatic rings. The fraction of sp³-hybridized carbons (Fsp3) is 0.800. The van der Waals surface area contributed by atoms with Crippen molar-refractivity contribution >= 4 is 4.00 Å². The summed E-state index contributed by atoms with van der Waals surface area (Å²) < 4.78 is 6.00. The minimum atomic E-state index is 0.216. The minimum absolute atomic E-state index is 0.216. The molecule has 2 nitrogen and oxygen atoms in total. The van der Waals surface area contributed by atoms with Crippen LogP contribution in [0.3, 0.4) is 0 Å². The van der Waals surface area contributed by atoms with Crippen molar-refractivity contribution in [2.45, 2.75) is 13.3 Å². The number of hydrogen-bond donors (Lipinski definition) is 1. The van der Waals surface area contributed by atoms with Gasteiger partial charge >= 0.3 is 60.4 Å². The van der Waals surface area contributed by atoms with Gasteiger partial charge in [-0.1, -0.05) is 0 Å². The second-order valence-electron chi connectivity index (χ2n) is 1.48. The molecule has 0 atom stereocenters. The molecule has 0 aliphatic carbocycles. The van der Waals surface area contributed by atoms with E-state index >= 15 is 0 Å². The Bertz CT molecular complexity index is 72.8. The molecule has 0 aromatic rings. The molecule has 0 heterocycles. The van der Waals surface area contributed by atoms with Crippen LogP contribution >= 0.6 is 0 Å². The average Bonchev–Trinajstić information content (AvgIpc) is 1.66. The Kier molecular flexibility index (Phi) is 5.99. The molecule has 0 saturated carbocycles. The fourth-order valence-corrected chi connectivity index (χ4v) is 0.449. The van der Waals surface area contributed by atoms with E-state index < -0.39 is 0 Å². The summed E-state index contributed by atoms with van der Waals surface area (Å²) in [5.74, 6) is 0. The van der Waals surface area contributed by atoms with Gasteiger partial charge in [-0.2, -0.15) is 0 Å². The molecular weight excluding hydrogens is 140 g/mol. The zero-order valence-corrected chi connectivity index (χ0v) is 6.54. The molecule has 0 aromatic heterocycles. The van der Waals surface area contributed by atoms with Gasteiger partial charge in [-0.3, -0.25) is 0 Å². The predicted octanol–water partition coefficient (Wildman–Crippen LogP) is 0.0820. The first-order chi connectivity index (χ1) is 3.77. The van der Waals surface area contributed by atoms with Crippen LogP contribution in [0.25, 0.3) is 0 Å². The van der Waals surface area contributed by atoms with Crippen molar-refractivity contribution in [3.8, 4) is 0 Å². The van der Waals surface area contributed by atoms with Crippen molar-refractivity contribution in [2.24, 2.45) is 0 Å². The maximum absolute atomic E-state index is 8.29. The second-order valence-corrected chi connectivity index (χ2v) is 2.58. The third-order valence-electron chi connectivity index (χ3n) is 0.621. The number of rotatable bonds is 4. The van der Waals surface area contributed by atoms with Crippen molar-refractivity contribution in [3.05, 3.63) is 0 Å². The number of hydrogen-bond acceptors (Lipinski definition) is 2. The van der Waals surface area contributed by atoms with E-state index in [1.807, 2.05) is 26.9 Å². The van der Waals surface area contributed by atoms with Gasteiger partial charge in [0, 0.05) is 0 Å². The summed E-state index contributed by atoms with van der Waals surface area (Å²) in [6, 6.07) is 0. The van der Waals surface area contributed by atoms with Gasteiger partial charge in [-0.05, 0) is 0 Å². The third-order valence-corrected chi connectivity index (χ3v) is 0.846. The second kappa shape index (κ2) is 5.64. The van der Waals surface area contributed by atoms with Crippen molar-refractivity contribution in [2.75, 3.05) is 13.2 Å². The topological polar surface area (TPSA) is 29.5 Å². The summed E-state index contributed by atoms with van der Waals surface area (Å²) in [5, 5.41) is 8.29. The van der Waals surface area contributed by atoms with Gasteiger partial charge < -0.3 is 0 Å². The van der Waals surface area contributed by atoms with Crippen molar-refractivity contribution in [1.29, 1.82) is 0 Å². The monoisotopic (exact) mass is 150 g/mol. The summed E-state index contributed by atoms with van der Waals surface area (Å²) in [7, 11) is 0. The van der Waals surface area contributed by atoms with E-state index in [1.54, 1.807) is 0 Å². The molecule has 0 amide bonds. The summed E-state index contributed by atoms with van der Waals surface area (Å²) in [6.45, 7) is 2.75. The summed E-state index contributed by atoms with van der Waals surface area (Å²) >= 11 is 1.90. The first-order valence-electron chi connectivity index (χ1n) is 2.56. The average molecular weight is 150 g/mol. The van der Waals surface area contributed by atoms with Crippen LogP contribution in [0.2, 0.25) is 0 Å². The Morgan fingerprint density at radius 2 is 2.38 bits per heavy atom. The number of ether oxygens (including phenoxy) is 1. The molecule has 0 unspecified atom stereocenters. The Balaban J connectivity index is 2.82. The van der Waals surface area contributed by atoms with Gasteiger partial charge in [-0.15, -0.1) is 0 Å². The molecule has 44 valence electrons. The van der Waals surface area contributed by atoms with E-state index in [2.05, 4.69) is 0 Å². The normalized spacial score (nSPS) is 9.50. The zero-order chi connectivity index (χ0) is 6.41. The van der Waals surface area contributed by atoms with Crippen LogP contribution in [0.1, 0.15) is 13.3 Å². The summed E-state index contributed by atoms with van der Waals surface area (Å²) in [4.78, 5) is 0. The first kappa shape index (κ1) is 8.50. The molecule has 0 spiro atoms. The number of aliphatic hydroxyl groups is 1. The summed E-state index contributed by atoms with van der Waals surface area (Å²) in [5.41, 5.74) is 0. The molecule has 0 radical (unpaired) electrons.